The molecule has 0 aliphatic rings. The quantitative estimate of drug-likeness (QED) is 0.618. The molecule has 0 unspecified atom stereocenters. The van der Waals surface area contributed by atoms with E-state index < -0.39 is 0 Å². The van der Waals surface area contributed by atoms with Crippen molar-refractivity contribution >= 4 is 33.4 Å². The van der Waals surface area contributed by atoms with Gasteiger partial charge >= 0.3 is 0 Å². The molecule has 1 N–H and O–H groups in total. The van der Waals surface area contributed by atoms with E-state index in [0.717, 1.165) is 33.2 Å². The third kappa shape index (κ3) is 2.52. The number of pyridine rings is 1. The first kappa shape index (κ1) is 14.5. The zero-order valence-corrected chi connectivity index (χ0v) is 13.4. The summed E-state index contributed by atoms with van der Waals surface area (Å²) >= 11 is 0. The third-order valence-corrected chi connectivity index (χ3v) is 4.23. The van der Waals surface area contributed by atoms with Crippen LogP contribution in [0, 0.1) is 6.92 Å². The maximum atomic E-state index is 12.6. The Morgan fingerprint density at radius 1 is 1.04 bits per heavy atom. The molecule has 0 radical (unpaired) electrons. The highest BCUT2D eigenvalue weighted by Crippen LogP contribution is 2.22. The summed E-state index contributed by atoms with van der Waals surface area (Å²) in [4.78, 5) is 16.9. The van der Waals surface area contributed by atoms with Gasteiger partial charge in [0.15, 0.2) is 0 Å². The average Bonchev–Trinajstić information content (AvgIpc) is 2.91. The highest BCUT2D eigenvalue weighted by molar-refractivity contribution is 6.00. The van der Waals surface area contributed by atoms with Gasteiger partial charge in [0.1, 0.15) is 6.54 Å². The van der Waals surface area contributed by atoms with E-state index in [4.69, 9.17) is 0 Å². The van der Waals surface area contributed by atoms with E-state index >= 15 is 0 Å². The molecule has 4 heteroatoms. The van der Waals surface area contributed by atoms with Crippen LogP contribution in [0.3, 0.4) is 0 Å². The van der Waals surface area contributed by atoms with Crippen molar-refractivity contribution in [2.75, 3.05) is 5.32 Å². The summed E-state index contributed by atoms with van der Waals surface area (Å²) < 4.78 is 2.03. The number of rotatable bonds is 3. The van der Waals surface area contributed by atoms with Gasteiger partial charge in [-0.3, -0.25) is 9.78 Å². The van der Waals surface area contributed by atoms with Gasteiger partial charge in [-0.15, -0.1) is 0 Å². The van der Waals surface area contributed by atoms with Crippen molar-refractivity contribution in [2.45, 2.75) is 13.5 Å². The number of carbonyl (C=O) groups excluding carboxylic acids is 1. The van der Waals surface area contributed by atoms with Crippen LogP contribution in [0.5, 0.6) is 0 Å². The first-order chi connectivity index (χ1) is 11.7. The molecule has 0 saturated heterocycles. The van der Waals surface area contributed by atoms with Gasteiger partial charge < -0.3 is 9.88 Å². The Labute approximate surface area is 139 Å². The number of carbonyl (C=O) groups is 1. The number of amides is 1. The maximum absolute atomic E-state index is 12.6. The van der Waals surface area contributed by atoms with Crippen LogP contribution < -0.4 is 5.32 Å². The largest absolute Gasteiger partial charge is 0.335 e. The van der Waals surface area contributed by atoms with E-state index in [1.165, 1.54) is 0 Å². The molecular weight excluding hydrogens is 298 g/mol. The van der Waals surface area contributed by atoms with Crippen molar-refractivity contribution in [1.82, 2.24) is 9.55 Å². The number of fused-ring (bicyclic) bond motifs is 2. The highest BCUT2D eigenvalue weighted by Gasteiger charge is 2.11. The van der Waals surface area contributed by atoms with Crippen molar-refractivity contribution in [3.8, 4) is 0 Å². The highest BCUT2D eigenvalue weighted by atomic mass is 16.1. The molecule has 4 rings (SSSR count). The number of para-hydroxylation sites is 2. The van der Waals surface area contributed by atoms with E-state index in [2.05, 4.69) is 22.4 Å². The van der Waals surface area contributed by atoms with E-state index in [1.54, 1.807) is 6.20 Å². The normalized spacial score (nSPS) is 11.0. The average molecular weight is 315 g/mol. The van der Waals surface area contributed by atoms with E-state index in [0.29, 0.717) is 0 Å². The van der Waals surface area contributed by atoms with Gasteiger partial charge in [-0.25, -0.2) is 0 Å². The standard InChI is InChI=1S/C20H17N3O/c1-14-12-16-6-2-3-10-18(16)23(14)13-19(24)22-17-9-4-7-15-8-5-11-21-20(15)17/h2-12H,13H2,1H3,(H,22,24). The molecule has 0 bridgehead atoms. The smallest absolute Gasteiger partial charge is 0.244 e. The second kappa shape index (κ2) is 5.81. The number of aromatic nitrogens is 2. The van der Waals surface area contributed by atoms with Crippen LogP contribution >= 0.6 is 0 Å². The lowest BCUT2D eigenvalue weighted by molar-refractivity contribution is -0.116. The molecule has 2 heterocycles. The van der Waals surface area contributed by atoms with Gasteiger partial charge in [-0.2, -0.15) is 0 Å². The van der Waals surface area contributed by atoms with Crippen molar-refractivity contribution in [2.24, 2.45) is 0 Å². The Balaban J connectivity index is 1.63. The molecule has 0 spiro atoms. The van der Waals surface area contributed by atoms with Gasteiger partial charge in [-0.1, -0.05) is 36.4 Å². The fourth-order valence-corrected chi connectivity index (χ4v) is 3.10. The summed E-state index contributed by atoms with van der Waals surface area (Å²) in [6.45, 7) is 2.30. The molecule has 0 saturated carbocycles. The Hall–Kier alpha value is -3.14. The number of nitrogens with one attached hydrogen (secondary N) is 1. The van der Waals surface area contributed by atoms with Gasteiger partial charge in [0.05, 0.1) is 11.2 Å². The van der Waals surface area contributed by atoms with E-state index in [1.807, 2.05) is 60.0 Å². The summed E-state index contributed by atoms with van der Waals surface area (Å²) in [5.74, 6) is -0.0578. The zero-order chi connectivity index (χ0) is 16.5. The minimum absolute atomic E-state index is 0.0578. The number of hydrogen-bond donors (Lipinski definition) is 1. The second-order valence-corrected chi connectivity index (χ2v) is 5.86. The predicted molar refractivity (Wildman–Crippen MR) is 97.0 cm³/mol. The summed E-state index contributed by atoms with van der Waals surface area (Å²) in [5.41, 5.74) is 3.69. The number of nitrogens with zero attached hydrogens (tertiary/aromatic N) is 2. The fraction of sp³-hybridized carbons (Fsp3) is 0.100. The van der Waals surface area contributed by atoms with Crippen LogP contribution in [0.1, 0.15) is 5.69 Å². The lowest BCUT2D eigenvalue weighted by Crippen LogP contribution is -2.19. The minimum atomic E-state index is -0.0578. The molecule has 0 aliphatic heterocycles. The van der Waals surface area contributed by atoms with Crippen LogP contribution in [-0.4, -0.2) is 15.5 Å². The number of benzene rings is 2. The van der Waals surface area contributed by atoms with Gasteiger partial charge in [0, 0.05) is 22.8 Å². The first-order valence-corrected chi connectivity index (χ1v) is 7.91. The summed E-state index contributed by atoms with van der Waals surface area (Å²) in [7, 11) is 0. The molecule has 0 fully saturated rings. The predicted octanol–water partition coefficient (Wildman–Crippen LogP) is 4.14. The Morgan fingerprint density at radius 3 is 2.75 bits per heavy atom. The molecule has 0 aliphatic carbocycles. The van der Waals surface area contributed by atoms with Gasteiger partial charge in [0.2, 0.25) is 5.91 Å². The molecule has 0 atom stereocenters. The molecule has 118 valence electrons. The van der Waals surface area contributed by atoms with Crippen LogP contribution in [0.25, 0.3) is 21.8 Å². The SMILES string of the molecule is Cc1cc2ccccc2n1CC(=O)Nc1cccc2cccnc12. The van der Waals surface area contributed by atoms with Crippen molar-refractivity contribution in [1.29, 1.82) is 0 Å². The molecule has 2 aromatic heterocycles. The minimum Gasteiger partial charge on any atom is -0.335 e. The van der Waals surface area contributed by atoms with Crippen LogP contribution in [0.4, 0.5) is 5.69 Å². The van der Waals surface area contributed by atoms with E-state index in [-0.39, 0.29) is 12.5 Å². The second-order valence-electron chi connectivity index (χ2n) is 5.86. The van der Waals surface area contributed by atoms with Crippen LogP contribution in [-0.2, 0) is 11.3 Å². The maximum Gasteiger partial charge on any atom is 0.244 e. The van der Waals surface area contributed by atoms with Crippen LogP contribution in [0.2, 0.25) is 0 Å². The van der Waals surface area contributed by atoms with Crippen LogP contribution in [0.15, 0.2) is 66.9 Å². The van der Waals surface area contributed by atoms with Crippen molar-refractivity contribution < 1.29 is 4.79 Å². The molecule has 24 heavy (non-hydrogen) atoms. The molecule has 2 aromatic carbocycles. The lowest BCUT2D eigenvalue weighted by atomic mass is 10.2. The van der Waals surface area contributed by atoms with E-state index in [9.17, 15) is 4.79 Å². The third-order valence-electron chi connectivity index (χ3n) is 4.23. The zero-order valence-electron chi connectivity index (χ0n) is 13.4. The Bertz CT molecular complexity index is 1040. The Kier molecular flexibility index (Phi) is 3.50. The number of aryl methyl sites for hydroxylation is 1. The van der Waals surface area contributed by atoms with Crippen molar-refractivity contribution in [3.63, 3.8) is 0 Å². The molecule has 1 amide bonds. The first-order valence-electron chi connectivity index (χ1n) is 7.91. The number of anilines is 1. The lowest BCUT2D eigenvalue weighted by Gasteiger charge is -2.11. The monoisotopic (exact) mass is 315 g/mol. The van der Waals surface area contributed by atoms with Gasteiger partial charge in [0.25, 0.3) is 0 Å². The summed E-state index contributed by atoms with van der Waals surface area (Å²) in [5, 5.41) is 5.15. The summed E-state index contributed by atoms with van der Waals surface area (Å²) in [6, 6.07) is 19.9. The van der Waals surface area contributed by atoms with Crippen molar-refractivity contribution in [3.05, 3.63) is 72.6 Å². The fourth-order valence-electron chi connectivity index (χ4n) is 3.10. The topological polar surface area (TPSA) is 46.9 Å². The van der Waals surface area contributed by atoms with Gasteiger partial charge in [-0.05, 0) is 36.6 Å². The summed E-state index contributed by atoms with van der Waals surface area (Å²) in [6.07, 6.45) is 1.74. The molecular formula is C20H17N3O. The molecule has 4 aromatic rings. The molecule has 4 nitrogen and oxygen atoms in total. The number of hydrogen-bond acceptors (Lipinski definition) is 2. The Morgan fingerprint density at radius 2 is 1.83 bits per heavy atom.